The Bertz CT molecular complexity index is 207. The van der Waals surface area contributed by atoms with Gasteiger partial charge in [-0.2, -0.15) is 4.39 Å². The van der Waals surface area contributed by atoms with E-state index in [4.69, 9.17) is 4.74 Å². The van der Waals surface area contributed by atoms with Crippen molar-refractivity contribution < 1.29 is 9.13 Å². The number of ether oxygens (including phenoxy) is 1. The second kappa shape index (κ2) is 2.09. The number of hydrogen-bond donors (Lipinski definition) is 0. The third-order valence-corrected chi connectivity index (χ3v) is 1.22. The molecule has 0 aromatic carbocycles. The van der Waals surface area contributed by atoms with Gasteiger partial charge in [0.25, 0.3) is 0 Å². The monoisotopic (exact) mass is 129 g/mol. The number of hydrogen-bond acceptors (Lipinski definition) is 1. The molecule has 3 heteroatoms. The zero-order valence-electron chi connectivity index (χ0n) is 5.39. The maximum absolute atomic E-state index is 12.4. The van der Waals surface area contributed by atoms with Crippen LogP contribution in [0.3, 0.4) is 0 Å². The Morgan fingerprint density at radius 3 is 2.44 bits per heavy atom. The van der Waals surface area contributed by atoms with Crippen molar-refractivity contribution >= 4 is 0 Å². The normalized spacial score (nSPS) is 9.67. The number of rotatable bonds is 1. The Morgan fingerprint density at radius 2 is 2.22 bits per heavy atom. The van der Waals surface area contributed by atoms with Gasteiger partial charge in [0.15, 0.2) is 11.8 Å². The lowest BCUT2D eigenvalue weighted by atomic mass is 10.6. The summed E-state index contributed by atoms with van der Waals surface area (Å²) in [7, 11) is 3.11. The zero-order chi connectivity index (χ0) is 6.85. The predicted octanol–water partition coefficient (Wildman–Crippen LogP) is 1.17. The second-order valence-electron chi connectivity index (χ2n) is 1.76. The minimum absolute atomic E-state index is 0.285. The highest BCUT2D eigenvalue weighted by molar-refractivity contribution is 5.13. The minimum Gasteiger partial charge on any atom is -0.482 e. The van der Waals surface area contributed by atoms with Crippen molar-refractivity contribution in [2.75, 3.05) is 7.11 Å². The van der Waals surface area contributed by atoms with E-state index in [0.29, 0.717) is 5.88 Å². The van der Waals surface area contributed by atoms with Crippen LogP contribution in [0.4, 0.5) is 4.39 Å². The predicted molar refractivity (Wildman–Crippen MR) is 31.9 cm³/mol. The van der Waals surface area contributed by atoms with E-state index in [9.17, 15) is 4.39 Å². The smallest absolute Gasteiger partial charge is 0.196 e. The third-order valence-electron chi connectivity index (χ3n) is 1.22. The fraction of sp³-hybridized carbons (Fsp3) is 0.333. The molecule has 1 heterocycles. The summed E-state index contributed by atoms with van der Waals surface area (Å²) in [6.07, 6.45) is 0. The van der Waals surface area contributed by atoms with Crippen LogP contribution in [0, 0.1) is 5.95 Å². The van der Waals surface area contributed by atoms with Gasteiger partial charge >= 0.3 is 0 Å². The molecular formula is C6H8FNO. The number of nitrogens with zero attached hydrogens (tertiary/aromatic N) is 1. The molecule has 0 aliphatic rings. The highest BCUT2D eigenvalue weighted by Crippen LogP contribution is 2.11. The molecule has 0 saturated heterocycles. The standard InChI is InChI=1S/C6H8FNO/c1-8-5(7)3-4-6(8)9-2/h3-4H,1-2H3. The lowest BCUT2D eigenvalue weighted by Crippen LogP contribution is -1.94. The molecule has 2 nitrogen and oxygen atoms in total. The van der Waals surface area contributed by atoms with Crippen molar-refractivity contribution in [3.8, 4) is 5.88 Å². The van der Waals surface area contributed by atoms with Crippen LogP contribution in [0.1, 0.15) is 0 Å². The Kier molecular flexibility index (Phi) is 1.42. The van der Waals surface area contributed by atoms with Crippen LogP contribution in [-0.2, 0) is 7.05 Å². The molecule has 0 aliphatic carbocycles. The fourth-order valence-corrected chi connectivity index (χ4v) is 0.674. The van der Waals surface area contributed by atoms with Gasteiger partial charge < -0.3 is 4.74 Å². The van der Waals surface area contributed by atoms with Crippen LogP contribution in [0.15, 0.2) is 12.1 Å². The summed E-state index contributed by atoms with van der Waals surface area (Å²) in [5.41, 5.74) is 0. The zero-order valence-corrected chi connectivity index (χ0v) is 5.39. The molecule has 1 aromatic rings. The van der Waals surface area contributed by atoms with Crippen molar-refractivity contribution in [1.29, 1.82) is 0 Å². The molecule has 0 bridgehead atoms. The SMILES string of the molecule is COc1ccc(F)n1C. The van der Waals surface area contributed by atoms with Gasteiger partial charge in [-0.1, -0.05) is 0 Å². The Morgan fingerprint density at radius 1 is 1.56 bits per heavy atom. The van der Waals surface area contributed by atoms with Gasteiger partial charge in [-0.25, -0.2) is 0 Å². The Labute approximate surface area is 52.9 Å². The molecule has 0 amide bonds. The van der Waals surface area contributed by atoms with Gasteiger partial charge in [0.2, 0.25) is 0 Å². The van der Waals surface area contributed by atoms with Gasteiger partial charge in [-0.05, 0) is 6.07 Å². The summed E-state index contributed by atoms with van der Waals surface area (Å²) >= 11 is 0. The molecule has 0 fully saturated rings. The lowest BCUT2D eigenvalue weighted by molar-refractivity contribution is 0.367. The van der Waals surface area contributed by atoms with Gasteiger partial charge in [-0.3, -0.25) is 4.57 Å². The summed E-state index contributed by atoms with van der Waals surface area (Å²) < 4.78 is 18.5. The Hall–Kier alpha value is -0.990. The van der Waals surface area contributed by atoms with Gasteiger partial charge in [-0.15, -0.1) is 0 Å². The van der Waals surface area contributed by atoms with Gasteiger partial charge in [0, 0.05) is 13.1 Å². The van der Waals surface area contributed by atoms with E-state index < -0.39 is 0 Å². The topological polar surface area (TPSA) is 14.2 Å². The minimum atomic E-state index is -0.285. The van der Waals surface area contributed by atoms with Crippen molar-refractivity contribution in [1.82, 2.24) is 4.57 Å². The molecule has 50 valence electrons. The first-order valence-electron chi connectivity index (χ1n) is 2.61. The van der Waals surface area contributed by atoms with Gasteiger partial charge in [0.05, 0.1) is 7.11 Å². The van der Waals surface area contributed by atoms with Crippen molar-refractivity contribution in [2.45, 2.75) is 0 Å². The maximum atomic E-state index is 12.4. The van der Waals surface area contributed by atoms with E-state index in [0.717, 1.165) is 0 Å². The summed E-state index contributed by atoms with van der Waals surface area (Å²) in [4.78, 5) is 0. The van der Waals surface area contributed by atoms with E-state index in [1.54, 1.807) is 13.1 Å². The van der Waals surface area contributed by atoms with Crippen molar-refractivity contribution in [2.24, 2.45) is 7.05 Å². The van der Waals surface area contributed by atoms with E-state index in [1.807, 2.05) is 0 Å². The molecule has 0 N–H and O–H groups in total. The first-order chi connectivity index (χ1) is 4.25. The van der Waals surface area contributed by atoms with Crippen LogP contribution >= 0.6 is 0 Å². The quantitative estimate of drug-likeness (QED) is 0.555. The lowest BCUT2D eigenvalue weighted by Gasteiger charge is -1.98. The summed E-state index contributed by atoms with van der Waals surface area (Å²) in [6, 6.07) is 2.94. The largest absolute Gasteiger partial charge is 0.482 e. The molecule has 1 rings (SSSR count). The second-order valence-corrected chi connectivity index (χ2v) is 1.76. The van der Waals surface area contributed by atoms with Gasteiger partial charge in [0.1, 0.15) is 0 Å². The average Bonchev–Trinajstić information content (AvgIpc) is 2.15. The first-order valence-corrected chi connectivity index (χ1v) is 2.61. The maximum Gasteiger partial charge on any atom is 0.196 e. The van der Waals surface area contributed by atoms with E-state index in [2.05, 4.69) is 0 Å². The highest BCUT2D eigenvalue weighted by Gasteiger charge is 2.00. The molecule has 0 atom stereocenters. The average molecular weight is 129 g/mol. The molecule has 0 aliphatic heterocycles. The molecule has 9 heavy (non-hydrogen) atoms. The number of halogens is 1. The van der Waals surface area contributed by atoms with Crippen LogP contribution in [-0.4, -0.2) is 11.7 Å². The van der Waals surface area contributed by atoms with Crippen molar-refractivity contribution in [3.63, 3.8) is 0 Å². The Balaban J connectivity index is 3.04. The van der Waals surface area contributed by atoms with Crippen LogP contribution < -0.4 is 4.74 Å². The first kappa shape index (κ1) is 6.13. The van der Waals surface area contributed by atoms with Crippen LogP contribution in [0.25, 0.3) is 0 Å². The molecular weight excluding hydrogens is 121 g/mol. The van der Waals surface area contributed by atoms with Crippen LogP contribution in [0.5, 0.6) is 5.88 Å². The van der Waals surface area contributed by atoms with Crippen molar-refractivity contribution in [3.05, 3.63) is 18.1 Å². The highest BCUT2D eigenvalue weighted by atomic mass is 19.1. The summed E-state index contributed by atoms with van der Waals surface area (Å²) in [5, 5.41) is 0. The molecule has 0 unspecified atom stereocenters. The molecule has 1 aromatic heterocycles. The molecule has 0 spiro atoms. The van der Waals surface area contributed by atoms with Crippen LogP contribution in [0.2, 0.25) is 0 Å². The van der Waals surface area contributed by atoms with E-state index in [-0.39, 0.29) is 5.95 Å². The van der Waals surface area contributed by atoms with E-state index >= 15 is 0 Å². The summed E-state index contributed by atoms with van der Waals surface area (Å²) in [6.45, 7) is 0. The molecule has 0 saturated carbocycles. The third kappa shape index (κ3) is 0.896. The molecule has 0 radical (unpaired) electrons. The number of methoxy groups -OCH3 is 1. The number of aromatic nitrogens is 1. The fourth-order valence-electron chi connectivity index (χ4n) is 0.674. The summed E-state index contributed by atoms with van der Waals surface area (Å²) in [5.74, 6) is 0.249. The van der Waals surface area contributed by atoms with E-state index in [1.165, 1.54) is 17.7 Å².